The van der Waals surface area contributed by atoms with Gasteiger partial charge in [-0.2, -0.15) is 0 Å². The second-order valence-corrected chi connectivity index (χ2v) is 2.46. The first-order valence-corrected chi connectivity index (χ1v) is 5.73. The molecule has 0 N–H and O–H groups in total. The molecule has 0 aliphatic rings. The van der Waals surface area contributed by atoms with Crippen molar-refractivity contribution in [2.75, 3.05) is 12.2 Å². The lowest BCUT2D eigenvalue weighted by Gasteiger charge is -2.10. The first-order chi connectivity index (χ1) is 7.25. The summed E-state index contributed by atoms with van der Waals surface area (Å²) >= 11 is 0. The largest absolute Gasteiger partial charge is 0.215 e. The van der Waals surface area contributed by atoms with Gasteiger partial charge in [-0.3, -0.25) is 0 Å². The Bertz CT molecular complexity index is 234. The van der Waals surface area contributed by atoms with Crippen molar-refractivity contribution in [1.29, 1.82) is 0 Å². The van der Waals surface area contributed by atoms with Gasteiger partial charge >= 0.3 is 0 Å². The van der Waals surface area contributed by atoms with Gasteiger partial charge in [-0.05, 0) is 18.1 Å². The third-order valence-corrected chi connectivity index (χ3v) is 1.70. The van der Waals surface area contributed by atoms with Gasteiger partial charge in [0.05, 0.1) is 5.69 Å². The number of hydrogen-bond acceptors (Lipinski definition) is 1. The minimum Gasteiger partial charge on any atom is -0.215 e. The minimum atomic E-state index is 0.652. The zero-order valence-corrected chi connectivity index (χ0v) is 10.8. The number of para-hydroxylation sites is 1. The molecule has 88 valence electrons. The number of halogens is 1. The fraction of sp³-hybridized carbons (Fsp3) is 0.538. The third-order valence-electron chi connectivity index (χ3n) is 1.70. The summed E-state index contributed by atoms with van der Waals surface area (Å²) in [5.41, 5.74) is 1.70. The van der Waals surface area contributed by atoms with Crippen LogP contribution in [0.1, 0.15) is 40.2 Å². The Morgan fingerprint density at radius 2 is 1.53 bits per heavy atom. The molecule has 1 aromatic rings. The lowest BCUT2D eigenvalue weighted by Crippen LogP contribution is -2.04. The summed E-state index contributed by atoms with van der Waals surface area (Å²) < 4.78 is 12.7. The van der Waals surface area contributed by atoms with Crippen LogP contribution < -0.4 is 5.12 Å². The second kappa shape index (κ2) is 11.0. The minimum absolute atomic E-state index is 0.652. The summed E-state index contributed by atoms with van der Waals surface area (Å²) in [4.78, 5) is 0. The van der Waals surface area contributed by atoms with Crippen molar-refractivity contribution in [3.8, 4) is 0 Å². The molecule has 0 aliphatic carbocycles. The Labute approximate surface area is 93.9 Å². The molecule has 0 fully saturated rings. The van der Waals surface area contributed by atoms with Crippen LogP contribution in [0.15, 0.2) is 24.3 Å². The summed E-state index contributed by atoms with van der Waals surface area (Å²) in [5, 5.41) is 0.652. The zero-order valence-electron chi connectivity index (χ0n) is 10.8. The van der Waals surface area contributed by atoms with Crippen molar-refractivity contribution < 1.29 is 4.48 Å². The van der Waals surface area contributed by atoms with Crippen molar-refractivity contribution in [3.05, 3.63) is 29.8 Å². The molecule has 2 heteroatoms. The average Bonchev–Trinajstić information content (AvgIpc) is 2.34. The van der Waals surface area contributed by atoms with E-state index in [-0.39, 0.29) is 0 Å². The molecular weight excluding hydrogens is 189 g/mol. The lowest BCUT2D eigenvalue weighted by molar-refractivity contribution is 0.474. The Kier molecular flexibility index (Phi) is 12.0. The predicted octanol–water partition coefficient (Wildman–Crippen LogP) is 4.62. The molecule has 1 rings (SSSR count). The smallest absolute Gasteiger partial charge is 0.0716 e. The molecule has 15 heavy (non-hydrogen) atoms. The van der Waals surface area contributed by atoms with Gasteiger partial charge in [0.2, 0.25) is 0 Å². The fourth-order valence-corrected chi connectivity index (χ4v) is 1.11. The van der Waals surface area contributed by atoms with E-state index < -0.39 is 0 Å². The average molecular weight is 213 g/mol. The summed E-state index contributed by atoms with van der Waals surface area (Å²) in [7, 11) is 1.41. The zero-order chi connectivity index (χ0) is 12.3. The lowest BCUT2D eigenvalue weighted by atomic mass is 10.1. The number of hydrogen-bond donors (Lipinski definition) is 0. The van der Waals surface area contributed by atoms with E-state index in [2.05, 4.69) is 0 Å². The highest BCUT2D eigenvalue weighted by atomic mass is 19.2. The summed E-state index contributed by atoms with van der Waals surface area (Å²) in [6.07, 6.45) is 0.866. The van der Waals surface area contributed by atoms with Crippen LogP contribution in [0.2, 0.25) is 0 Å². The number of benzene rings is 1. The van der Waals surface area contributed by atoms with Crippen molar-refractivity contribution in [2.24, 2.45) is 0 Å². The summed E-state index contributed by atoms with van der Waals surface area (Å²) in [5.74, 6) is 0. The summed E-state index contributed by atoms with van der Waals surface area (Å²) in [6.45, 7) is 10.0. The Balaban J connectivity index is 0. The predicted molar refractivity (Wildman–Crippen MR) is 68.0 cm³/mol. The van der Waals surface area contributed by atoms with Crippen LogP contribution in [0.4, 0.5) is 10.2 Å². The Morgan fingerprint density at radius 3 is 1.87 bits per heavy atom. The van der Waals surface area contributed by atoms with Gasteiger partial charge < -0.3 is 0 Å². The molecule has 0 aromatic heterocycles. The molecule has 1 aromatic carbocycles. The maximum atomic E-state index is 12.7. The molecular formula is C13H24FN. The quantitative estimate of drug-likeness (QED) is 0.648. The second-order valence-electron chi connectivity index (χ2n) is 2.46. The van der Waals surface area contributed by atoms with Crippen molar-refractivity contribution in [3.63, 3.8) is 0 Å². The molecule has 0 heterocycles. The van der Waals surface area contributed by atoms with E-state index in [4.69, 9.17) is 0 Å². The molecule has 0 bridgehead atoms. The van der Waals surface area contributed by atoms with Gasteiger partial charge in [-0.1, -0.05) is 52.8 Å². The van der Waals surface area contributed by atoms with E-state index in [0.29, 0.717) is 10.8 Å². The van der Waals surface area contributed by atoms with E-state index >= 15 is 0 Å². The van der Waals surface area contributed by atoms with Gasteiger partial charge in [0.1, 0.15) is 0 Å². The van der Waals surface area contributed by atoms with Crippen LogP contribution in [0, 0.1) is 0 Å². The van der Waals surface area contributed by atoms with Crippen molar-refractivity contribution in [2.45, 2.75) is 41.0 Å². The molecule has 0 saturated carbocycles. The van der Waals surface area contributed by atoms with Crippen LogP contribution in [0.3, 0.4) is 0 Å². The highest BCUT2D eigenvalue weighted by Gasteiger charge is 2.02. The van der Waals surface area contributed by atoms with E-state index in [1.807, 2.05) is 52.8 Å². The molecule has 0 aliphatic heterocycles. The van der Waals surface area contributed by atoms with Crippen LogP contribution in [-0.4, -0.2) is 7.05 Å². The van der Waals surface area contributed by atoms with Gasteiger partial charge in [-0.25, -0.2) is 5.12 Å². The van der Waals surface area contributed by atoms with E-state index in [1.54, 1.807) is 6.07 Å². The van der Waals surface area contributed by atoms with Gasteiger partial charge in [0.25, 0.3) is 0 Å². The molecule has 0 unspecified atom stereocenters. The van der Waals surface area contributed by atoms with Crippen LogP contribution in [-0.2, 0) is 6.42 Å². The first kappa shape index (κ1) is 16.4. The van der Waals surface area contributed by atoms with Crippen LogP contribution >= 0.6 is 0 Å². The number of nitrogens with zero attached hydrogens (tertiary/aromatic N) is 1. The topological polar surface area (TPSA) is 3.24 Å². The number of anilines is 1. The fourth-order valence-electron chi connectivity index (χ4n) is 1.11. The SMILES string of the molecule is CC.CC.CCc1ccccc1N(C)F. The first-order valence-electron chi connectivity index (χ1n) is 5.73. The Hall–Kier alpha value is -1.05. The van der Waals surface area contributed by atoms with E-state index in [9.17, 15) is 4.48 Å². The van der Waals surface area contributed by atoms with Crippen LogP contribution in [0.5, 0.6) is 0 Å². The van der Waals surface area contributed by atoms with Crippen molar-refractivity contribution in [1.82, 2.24) is 0 Å². The molecule has 0 atom stereocenters. The highest BCUT2D eigenvalue weighted by Crippen LogP contribution is 2.19. The van der Waals surface area contributed by atoms with Crippen molar-refractivity contribution >= 4 is 5.69 Å². The van der Waals surface area contributed by atoms with Gasteiger partial charge in [-0.15, -0.1) is 4.48 Å². The van der Waals surface area contributed by atoms with Gasteiger partial charge in [0, 0.05) is 7.05 Å². The standard InChI is InChI=1S/C9H12FN.2C2H6/c1-3-8-6-4-5-7-9(8)11(2)10;2*1-2/h4-7H,3H2,1-2H3;2*1-2H3. The normalized spacial score (nSPS) is 7.93. The van der Waals surface area contributed by atoms with E-state index in [0.717, 1.165) is 12.0 Å². The molecule has 0 amide bonds. The molecule has 1 nitrogen and oxygen atoms in total. The molecule has 0 spiro atoms. The van der Waals surface area contributed by atoms with Crippen LogP contribution in [0.25, 0.3) is 0 Å². The highest BCUT2D eigenvalue weighted by molar-refractivity contribution is 5.50. The van der Waals surface area contributed by atoms with E-state index in [1.165, 1.54) is 7.05 Å². The number of rotatable bonds is 2. The van der Waals surface area contributed by atoms with Gasteiger partial charge in [0.15, 0.2) is 0 Å². The number of aryl methyl sites for hydroxylation is 1. The third kappa shape index (κ3) is 6.10. The maximum absolute atomic E-state index is 12.7. The Morgan fingerprint density at radius 1 is 1.07 bits per heavy atom. The molecule has 0 saturated heterocycles. The maximum Gasteiger partial charge on any atom is 0.0716 e. The monoisotopic (exact) mass is 213 g/mol. The molecule has 0 radical (unpaired) electrons. The summed E-state index contributed by atoms with van der Waals surface area (Å²) in [6, 6.07) is 7.47.